The van der Waals surface area contributed by atoms with E-state index in [-0.39, 0.29) is 5.41 Å². The number of carboxylic acids is 1. The molecule has 2 aliphatic carbocycles. The number of ether oxygens (including phenoxy) is 1. The summed E-state index contributed by atoms with van der Waals surface area (Å²) in [6, 6.07) is 0. The van der Waals surface area contributed by atoms with Gasteiger partial charge in [0.1, 0.15) is 0 Å². The molecular weight excluding hydrogens is 160 g/mol. The Hall–Kier alpha value is -1.06. The molecule has 1 unspecified atom stereocenters. The van der Waals surface area contributed by atoms with Crippen molar-refractivity contribution in [3.63, 3.8) is 0 Å². The Balaban J connectivity index is 2.27. The summed E-state index contributed by atoms with van der Waals surface area (Å²) in [6.07, 6.45) is 2.19. The van der Waals surface area contributed by atoms with Crippen LogP contribution in [0.15, 0.2) is 0 Å². The lowest BCUT2D eigenvalue weighted by Crippen LogP contribution is -2.29. The zero-order chi connectivity index (χ0) is 8.98. The van der Waals surface area contributed by atoms with Crippen LogP contribution in [0, 0.1) is 10.8 Å². The summed E-state index contributed by atoms with van der Waals surface area (Å²) in [6.45, 7) is 0. The highest BCUT2D eigenvalue weighted by Gasteiger charge is 2.83. The van der Waals surface area contributed by atoms with Crippen molar-refractivity contribution in [1.29, 1.82) is 0 Å². The minimum absolute atomic E-state index is 0.216. The number of carboxylic acid groups (broad SMARTS) is 1. The Morgan fingerprint density at radius 3 is 2.25 bits per heavy atom. The second kappa shape index (κ2) is 1.81. The first-order chi connectivity index (χ1) is 5.59. The van der Waals surface area contributed by atoms with Gasteiger partial charge in [-0.3, -0.25) is 9.59 Å². The van der Waals surface area contributed by atoms with Crippen LogP contribution in [0.5, 0.6) is 0 Å². The summed E-state index contributed by atoms with van der Waals surface area (Å²) in [5.74, 6) is -1.60. The monoisotopic (exact) mass is 170 g/mol. The highest BCUT2D eigenvalue weighted by Crippen LogP contribution is 2.79. The molecule has 0 aromatic carbocycles. The molecule has 66 valence electrons. The molecule has 1 N–H and O–H groups in total. The molecule has 4 heteroatoms. The molecule has 0 heterocycles. The second-order valence-corrected chi connectivity index (χ2v) is 3.66. The van der Waals surface area contributed by atoms with Crippen molar-refractivity contribution in [2.45, 2.75) is 19.3 Å². The molecule has 0 amide bonds. The minimum Gasteiger partial charge on any atom is -0.480 e. The molecular formula is C8H10O4. The lowest BCUT2D eigenvalue weighted by molar-refractivity contribution is -0.160. The molecule has 0 aliphatic heterocycles. The molecule has 0 saturated heterocycles. The average molecular weight is 170 g/mol. The third-order valence-electron chi connectivity index (χ3n) is 3.14. The van der Waals surface area contributed by atoms with E-state index < -0.39 is 17.4 Å². The van der Waals surface area contributed by atoms with Crippen LogP contribution >= 0.6 is 0 Å². The molecule has 12 heavy (non-hydrogen) atoms. The SMILES string of the molecule is COC(=O)C1(C(=O)O)CC12CC2. The van der Waals surface area contributed by atoms with Crippen molar-refractivity contribution < 1.29 is 19.4 Å². The normalized spacial score (nSPS) is 34.4. The van der Waals surface area contributed by atoms with Crippen LogP contribution in [-0.2, 0) is 14.3 Å². The van der Waals surface area contributed by atoms with Crippen LogP contribution < -0.4 is 0 Å². The summed E-state index contributed by atoms with van der Waals surface area (Å²) >= 11 is 0. The fourth-order valence-electron chi connectivity index (χ4n) is 2.07. The van der Waals surface area contributed by atoms with Crippen LogP contribution in [0.3, 0.4) is 0 Å². The van der Waals surface area contributed by atoms with Gasteiger partial charge < -0.3 is 9.84 Å². The number of hydrogen-bond acceptors (Lipinski definition) is 3. The van der Waals surface area contributed by atoms with Crippen LogP contribution in [0.2, 0.25) is 0 Å². The van der Waals surface area contributed by atoms with Gasteiger partial charge in [0.15, 0.2) is 5.41 Å². The zero-order valence-electron chi connectivity index (χ0n) is 6.79. The van der Waals surface area contributed by atoms with E-state index in [1.165, 1.54) is 7.11 Å². The summed E-state index contributed by atoms with van der Waals surface area (Å²) in [5.41, 5.74) is -1.40. The predicted molar refractivity (Wildman–Crippen MR) is 38.4 cm³/mol. The van der Waals surface area contributed by atoms with Crippen molar-refractivity contribution in [2.24, 2.45) is 10.8 Å². The van der Waals surface area contributed by atoms with E-state index in [1.54, 1.807) is 0 Å². The summed E-state index contributed by atoms with van der Waals surface area (Å²) in [4.78, 5) is 22.0. The molecule has 0 radical (unpaired) electrons. The Kier molecular flexibility index (Phi) is 1.14. The smallest absolute Gasteiger partial charge is 0.323 e. The highest BCUT2D eigenvalue weighted by atomic mass is 16.5. The summed E-state index contributed by atoms with van der Waals surface area (Å²) < 4.78 is 4.49. The third-order valence-corrected chi connectivity index (χ3v) is 3.14. The molecule has 1 atom stereocenters. The van der Waals surface area contributed by atoms with Crippen LogP contribution in [0.4, 0.5) is 0 Å². The summed E-state index contributed by atoms with van der Waals surface area (Å²) in [5, 5.41) is 8.88. The van der Waals surface area contributed by atoms with Gasteiger partial charge in [0.05, 0.1) is 7.11 Å². The fourth-order valence-corrected chi connectivity index (χ4v) is 2.07. The Morgan fingerprint density at radius 1 is 1.42 bits per heavy atom. The highest BCUT2D eigenvalue weighted by molar-refractivity contribution is 6.04. The van der Waals surface area contributed by atoms with E-state index in [9.17, 15) is 9.59 Å². The number of esters is 1. The molecule has 2 saturated carbocycles. The first-order valence-corrected chi connectivity index (χ1v) is 3.91. The van der Waals surface area contributed by atoms with Crippen LogP contribution in [0.25, 0.3) is 0 Å². The van der Waals surface area contributed by atoms with Gasteiger partial charge in [0.2, 0.25) is 0 Å². The largest absolute Gasteiger partial charge is 0.480 e. The average Bonchev–Trinajstić information content (AvgIpc) is 2.91. The van der Waals surface area contributed by atoms with E-state index in [0.717, 1.165) is 12.8 Å². The van der Waals surface area contributed by atoms with E-state index in [2.05, 4.69) is 4.74 Å². The van der Waals surface area contributed by atoms with Gasteiger partial charge in [0, 0.05) is 0 Å². The summed E-state index contributed by atoms with van der Waals surface area (Å²) in [7, 11) is 1.24. The van der Waals surface area contributed by atoms with Crippen LogP contribution in [0.1, 0.15) is 19.3 Å². The van der Waals surface area contributed by atoms with Crippen molar-refractivity contribution in [1.82, 2.24) is 0 Å². The Morgan fingerprint density at radius 2 is 2.00 bits per heavy atom. The number of carbonyl (C=O) groups excluding carboxylic acids is 1. The number of hydrogen-bond donors (Lipinski definition) is 1. The Labute approximate surface area is 69.5 Å². The van der Waals surface area contributed by atoms with Gasteiger partial charge >= 0.3 is 11.9 Å². The van der Waals surface area contributed by atoms with Gasteiger partial charge in [-0.1, -0.05) is 0 Å². The maximum absolute atomic E-state index is 11.2. The van der Waals surface area contributed by atoms with Gasteiger partial charge in [-0.15, -0.1) is 0 Å². The molecule has 0 aromatic rings. The lowest BCUT2D eigenvalue weighted by Gasteiger charge is -2.07. The van der Waals surface area contributed by atoms with Gasteiger partial charge in [-0.05, 0) is 24.7 Å². The zero-order valence-corrected chi connectivity index (χ0v) is 6.79. The van der Waals surface area contributed by atoms with Crippen molar-refractivity contribution in [2.75, 3.05) is 7.11 Å². The topological polar surface area (TPSA) is 63.6 Å². The maximum atomic E-state index is 11.2. The van der Waals surface area contributed by atoms with Crippen molar-refractivity contribution in [3.05, 3.63) is 0 Å². The van der Waals surface area contributed by atoms with Gasteiger partial charge in [-0.25, -0.2) is 0 Å². The molecule has 0 bridgehead atoms. The van der Waals surface area contributed by atoms with Crippen LogP contribution in [-0.4, -0.2) is 24.2 Å². The van der Waals surface area contributed by atoms with Gasteiger partial charge in [-0.2, -0.15) is 0 Å². The quantitative estimate of drug-likeness (QED) is 0.481. The first-order valence-electron chi connectivity index (χ1n) is 3.91. The fraction of sp³-hybridized carbons (Fsp3) is 0.750. The number of methoxy groups -OCH3 is 1. The predicted octanol–water partition coefficient (Wildman–Crippen LogP) is 0.414. The maximum Gasteiger partial charge on any atom is 0.323 e. The minimum atomic E-state index is -1.18. The lowest BCUT2D eigenvalue weighted by atomic mass is 10.0. The number of rotatable bonds is 2. The molecule has 4 nitrogen and oxygen atoms in total. The molecule has 2 fully saturated rings. The second-order valence-electron chi connectivity index (χ2n) is 3.66. The van der Waals surface area contributed by atoms with E-state index >= 15 is 0 Å². The molecule has 2 aliphatic rings. The number of carbonyl (C=O) groups is 2. The van der Waals surface area contributed by atoms with Crippen molar-refractivity contribution in [3.8, 4) is 0 Å². The van der Waals surface area contributed by atoms with Crippen molar-refractivity contribution >= 4 is 11.9 Å². The Bertz CT molecular complexity index is 266. The molecule has 0 aromatic heterocycles. The molecule has 2 rings (SSSR count). The van der Waals surface area contributed by atoms with E-state index in [4.69, 9.17) is 5.11 Å². The first kappa shape index (κ1) is 7.58. The number of aliphatic carboxylic acids is 1. The van der Waals surface area contributed by atoms with E-state index in [1.807, 2.05) is 0 Å². The molecule has 1 spiro atoms. The van der Waals surface area contributed by atoms with Gasteiger partial charge in [0.25, 0.3) is 0 Å². The standard InChI is InChI=1S/C8H10O4/c1-12-6(11)8(5(9)10)4-7(8)2-3-7/h2-4H2,1H3,(H,9,10). The van der Waals surface area contributed by atoms with E-state index in [0.29, 0.717) is 6.42 Å². The third kappa shape index (κ3) is 0.589.